The van der Waals surface area contributed by atoms with Crippen LogP contribution in [0.2, 0.25) is 0 Å². The normalized spacial score (nSPS) is 14.0. The third-order valence-corrected chi connectivity index (χ3v) is 5.82. The Balaban J connectivity index is 1.37. The summed E-state index contributed by atoms with van der Waals surface area (Å²) in [6.45, 7) is 6.42. The molecule has 2 N–H and O–H groups in total. The monoisotopic (exact) mass is 384 g/mol. The molecule has 8 nitrogen and oxygen atoms in total. The summed E-state index contributed by atoms with van der Waals surface area (Å²) < 4.78 is 2.11. The second-order valence-electron chi connectivity index (χ2n) is 6.89. The summed E-state index contributed by atoms with van der Waals surface area (Å²) in [5.41, 5.74) is 11.1. The molecule has 1 aliphatic heterocycles. The molecule has 142 valence electrons. The zero-order valence-electron chi connectivity index (χ0n) is 15.7. The van der Waals surface area contributed by atoms with Gasteiger partial charge in [0.05, 0.1) is 35.7 Å². The summed E-state index contributed by atoms with van der Waals surface area (Å²) in [4.78, 5) is 18.5. The Morgan fingerprint density at radius 3 is 2.96 bits per heavy atom. The molecule has 0 bridgehead atoms. The number of hydrogen-bond donors (Lipinski definition) is 1. The first-order chi connectivity index (χ1) is 13.1. The van der Waals surface area contributed by atoms with Crippen LogP contribution >= 0.6 is 11.3 Å². The summed E-state index contributed by atoms with van der Waals surface area (Å²) >= 11 is 1.74. The van der Waals surface area contributed by atoms with E-state index in [1.807, 2.05) is 11.6 Å². The zero-order valence-corrected chi connectivity index (χ0v) is 16.5. The van der Waals surface area contributed by atoms with Gasteiger partial charge in [-0.15, -0.1) is 11.3 Å². The first kappa shape index (κ1) is 17.9. The van der Waals surface area contributed by atoms with Gasteiger partial charge in [0.1, 0.15) is 5.82 Å². The van der Waals surface area contributed by atoms with Crippen LogP contribution < -0.4 is 10.6 Å². The molecular formula is C18H24N8S. The largest absolute Gasteiger partial charge is 0.368 e. The van der Waals surface area contributed by atoms with E-state index in [1.54, 1.807) is 17.5 Å². The number of rotatable bonds is 6. The van der Waals surface area contributed by atoms with Gasteiger partial charge in [0.25, 0.3) is 0 Å². The van der Waals surface area contributed by atoms with Crippen LogP contribution in [0.3, 0.4) is 0 Å². The minimum Gasteiger partial charge on any atom is -0.368 e. The van der Waals surface area contributed by atoms with Crippen LogP contribution in [0.4, 0.5) is 11.8 Å². The molecule has 0 saturated heterocycles. The van der Waals surface area contributed by atoms with Crippen molar-refractivity contribution in [2.45, 2.75) is 33.0 Å². The Morgan fingerprint density at radius 1 is 1.30 bits per heavy atom. The van der Waals surface area contributed by atoms with E-state index in [4.69, 9.17) is 10.8 Å². The van der Waals surface area contributed by atoms with Crippen molar-refractivity contribution in [3.8, 4) is 0 Å². The van der Waals surface area contributed by atoms with Crippen molar-refractivity contribution >= 4 is 23.1 Å². The number of nitrogen functional groups attached to an aromatic ring is 1. The van der Waals surface area contributed by atoms with Crippen LogP contribution in [0.15, 0.2) is 23.8 Å². The van der Waals surface area contributed by atoms with Crippen molar-refractivity contribution in [1.82, 2.24) is 29.6 Å². The summed E-state index contributed by atoms with van der Waals surface area (Å²) in [6.07, 6.45) is 2.73. The number of hydrogen-bond acceptors (Lipinski definition) is 8. The van der Waals surface area contributed by atoms with Crippen LogP contribution in [0, 0.1) is 6.92 Å². The minimum absolute atomic E-state index is 0.310. The summed E-state index contributed by atoms with van der Waals surface area (Å²) in [5, 5.41) is 4.78. The van der Waals surface area contributed by atoms with Crippen molar-refractivity contribution in [2.75, 3.05) is 30.8 Å². The molecule has 3 aromatic heterocycles. The van der Waals surface area contributed by atoms with Gasteiger partial charge in [0, 0.05) is 30.7 Å². The minimum atomic E-state index is 0.310. The number of aryl methyl sites for hydroxylation is 1. The molecule has 3 aromatic rings. The lowest BCUT2D eigenvalue weighted by Gasteiger charge is -2.28. The van der Waals surface area contributed by atoms with Crippen molar-refractivity contribution in [3.63, 3.8) is 0 Å². The third-order valence-electron chi connectivity index (χ3n) is 4.83. The van der Waals surface area contributed by atoms with Crippen LogP contribution in [0.1, 0.15) is 22.0 Å². The number of anilines is 2. The lowest BCUT2D eigenvalue weighted by atomic mass is 10.2. The average molecular weight is 385 g/mol. The topological polar surface area (TPSA) is 89.0 Å². The molecule has 4 rings (SSSR count). The Kier molecular flexibility index (Phi) is 5.04. The summed E-state index contributed by atoms with van der Waals surface area (Å²) in [5.74, 6) is 1.18. The first-order valence-corrected chi connectivity index (χ1v) is 9.93. The molecular weight excluding hydrogens is 360 g/mol. The Labute approximate surface area is 162 Å². The van der Waals surface area contributed by atoms with Gasteiger partial charge in [-0.2, -0.15) is 10.1 Å². The Morgan fingerprint density at radius 2 is 2.19 bits per heavy atom. The fourth-order valence-corrected chi connectivity index (χ4v) is 4.12. The number of thiazole rings is 1. The molecule has 9 heteroatoms. The predicted molar refractivity (Wildman–Crippen MR) is 107 cm³/mol. The van der Waals surface area contributed by atoms with Crippen molar-refractivity contribution in [2.24, 2.45) is 0 Å². The lowest BCUT2D eigenvalue weighted by Crippen LogP contribution is -2.34. The summed E-state index contributed by atoms with van der Waals surface area (Å²) in [7, 11) is 2.14. The molecule has 0 aromatic carbocycles. The highest BCUT2D eigenvalue weighted by atomic mass is 32.1. The van der Waals surface area contributed by atoms with Crippen molar-refractivity contribution < 1.29 is 0 Å². The van der Waals surface area contributed by atoms with Crippen molar-refractivity contribution in [1.29, 1.82) is 0 Å². The molecule has 0 radical (unpaired) electrons. The van der Waals surface area contributed by atoms with E-state index in [2.05, 4.69) is 49.5 Å². The molecule has 0 unspecified atom stereocenters. The van der Waals surface area contributed by atoms with E-state index in [-0.39, 0.29) is 0 Å². The van der Waals surface area contributed by atoms with E-state index < -0.39 is 0 Å². The van der Waals surface area contributed by atoms with Crippen LogP contribution in [0.5, 0.6) is 0 Å². The molecule has 0 fully saturated rings. The van der Waals surface area contributed by atoms with Gasteiger partial charge in [-0.05, 0) is 32.5 Å². The quantitative estimate of drug-likeness (QED) is 0.692. The Bertz CT molecular complexity index is 918. The fourth-order valence-electron chi connectivity index (χ4n) is 3.35. The number of nitrogens with two attached hydrogens (primary N) is 1. The van der Waals surface area contributed by atoms with Gasteiger partial charge in [0.15, 0.2) is 0 Å². The fraction of sp³-hybridized carbons (Fsp3) is 0.444. The van der Waals surface area contributed by atoms with Gasteiger partial charge in [-0.3, -0.25) is 4.68 Å². The molecule has 4 heterocycles. The molecule has 0 saturated carbocycles. The maximum absolute atomic E-state index is 5.72. The molecule has 27 heavy (non-hydrogen) atoms. The first-order valence-electron chi connectivity index (χ1n) is 9.05. The van der Waals surface area contributed by atoms with E-state index in [0.29, 0.717) is 5.95 Å². The van der Waals surface area contributed by atoms with Gasteiger partial charge in [-0.1, -0.05) is 0 Å². The highest BCUT2D eigenvalue weighted by Gasteiger charge is 2.20. The van der Waals surface area contributed by atoms with E-state index in [1.165, 1.54) is 10.6 Å². The number of aromatic nitrogens is 5. The Hall–Kier alpha value is -2.52. The van der Waals surface area contributed by atoms with Crippen LogP contribution in [0.25, 0.3) is 0 Å². The maximum atomic E-state index is 5.72. The standard InChI is InChI=1S/C18H24N8S/c1-13-16(27-12-21-13)4-6-24(2)10-14-9-15-11-25(7-8-26(15)23-14)17-3-5-20-18(19)22-17/h3,5,9,12H,4,6-8,10-11H2,1-2H3,(H2,19,20,22). The molecule has 0 aliphatic carbocycles. The van der Waals surface area contributed by atoms with Crippen LogP contribution in [-0.4, -0.2) is 49.8 Å². The summed E-state index contributed by atoms with van der Waals surface area (Å²) in [6, 6.07) is 4.10. The highest BCUT2D eigenvalue weighted by molar-refractivity contribution is 7.09. The smallest absolute Gasteiger partial charge is 0.221 e. The predicted octanol–water partition coefficient (Wildman–Crippen LogP) is 1.71. The molecule has 0 spiro atoms. The molecule has 1 aliphatic rings. The van der Waals surface area contributed by atoms with E-state index >= 15 is 0 Å². The zero-order chi connectivity index (χ0) is 18.8. The van der Waals surface area contributed by atoms with Crippen LogP contribution in [-0.2, 0) is 26.1 Å². The second kappa shape index (κ2) is 7.61. The SMILES string of the molecule is Cc1ncsc1CCN(C)Cc1cc2n(n1)CCN(c1ccnc(N)n1)C2. The molecule has 0 atom stereocenters. The van der Waals surface area contributed by atoms with Gasteiger partial charge >= 0.3 is 0 Å². The number of nitrogens with zero attached hydrogens (tertiary/aromatic N) is 7. The lowest BCUT2D eigenvalue weighted by molar-refractivity contribution is 0.325. The number of likely N-dealkylation sites (N-methyl/N-ethyl adjacent to an activating group) is 1. The van der Waals surface area contributed by atoms with Gasteiger partial charge < -0.3 is 15.5 Å². The van der Waals surface area contributed by atoms with E-state index in [9.17, 15) is 0 Å². The average Bonchev–Trinajstić information content (AvgIpc) is 3.24. The van der Waals surface area contributed by atoms with Gasteiger partial charge in [-0.25, -0.2) is 9.97 Å². The van der Waals surface area contributed by atoms with Crippen molar-refractivity contribution in [3.05, 3.63) is 45.8 Å². The maximum Gasteiger partial charge on any atom is 0.221 e. The number of fused-ring (bicyclic) bond motifs is 1. The molecule has 0 amide bonds. The van der Waals surface area contributed by atoms with E-state index in [0.717, 1.165) is 56.4 Å². The highest BCUT2D eigenvalue weighted by Crippen LogP contribution is 2.20. The van der Waals surface area contributed by atoms with Gasteiger partial charge in [0.2, 0.25) is 5.95 Å². The third kappa shape index (κ3) is 4.09. The second-order valence-corrected chi connectivity index (χ2v) is 7.83.